The van der Waals surface area contributed by atoms with Crippen molar-refractivity contribution in [3.8, 4) is 0 Å². The Bertz CT molecular complexity index is 603. The molecule has 5 nitrogen and oxygen atoms in total. The first-order chi connectivity index (χ1) is 15.1. The zero-order valence-corrected chi connectivity index (χ0v) is 21.5. The summed E-state index contributed by atoms with van der Waals surface area (Å²) in [6.45, 7) is 6.66. The minimum atomic E-state index is 0.00694. The molecule has 3 aliphatic rings. The number of hydrogen-bond donors (Lipinski definition) is 4. The molecule has 1 aromatic heterocycles. The monoisotopic (exact) mass is 510 g/mol. The van der Waals surface area contributed by atoms with Crippen molar-refractivity contribution in [2.24, 2.45) is 0 Å². The molecule has 6 atom stereocenters. The van der Waals surface area contributed by atoms with E-state index in [1.807, 2.05) is 0 Å². The first kappa shape index (κ1) is 25.7. The van der Waals surface area contributed by atoms with E-state index in [0.29, 0.717) is 24.2 Å². The summed E-state index contributed by atoms with van der Waals surface area (Å²) in [7, 11) is 9.59. The second-order valence-electron chi connectivity index (χ2n) is 9.22. The number of hydrogen-bond acceptors (Lipinski definition) is 5. The first-order valence-electron chi connectivity index (χ1n) is 11.9. The Kier molecular flexibility index (Phi) is 11.4. The summed E-state index contributed by atoms with van der Waals surface area (Å²) >= 11 is 0.00694. The summed E-state index contributed by atoms with van der Waals surface area (Å²) < 4.78 is 0. The van der Waals surface area contributed by atoms with Gasteiger partial charge in [0.1, 0.15) is 0 Å². The average Bonchev–Trinajstić information content (AvgIpc) is 2.79. The van der Waals surface area contributed by atoms with E-state index in [2.05, 4.69) is 53.3 Å². The molecule has 1 aliphatic heterocycles. The molecule has 2 bridgehead atoms. The van der Waals surface area contributed by atoms with Gasteiger partial charge in [-0.25, -0.2) is 0 Å². The Labute approximate surface area is 203 Å². The van der Waals surface area contributed by atoms with Gasteiger partial charge in [-0.1, -0.05) is 31.7 Å². The number of pyridine rings is 1. The Morgan fingerprint density at radius 3 is 1.55 bits per heavy atom. The Balaban J connectivity index is 0.000000858. The predicted molar refractivity (Wildman–Crippen MR) is 127 cm³/mol. The normalized spacial score (nSPS) is 34.7. The van der Waals surface area contributed by atoms with Crippen LogP contribution in [0.2, 0.25) is 0 Å². The van der Waals surface area contributed by atoms with E-state index < -0.39 is 0 Å². The third kappa shape index (κ3) is 7.82. The molecule has 2 aliphatic carbocycles. The van der Waals surface area contributed by atoms with Gasteiger partial charge in [-0.05, 0) is 51.7 Å². The van der Waals surface area contributed by atoms with E-state index in [0.717, 1.165) is 13.1 Å². The van der Waals surface area contributed by atoms with Gasteiger partial charge >= 0.3 is 33.3 Å². The Morgan fingerprint density at radius 2 is 1.13 bits per heavy atom. The molecule has 0 saturated heterocycles. The van der Waals surface area contributed by atoms with Crippen molar-refractivity contribution in [1.82, 2.24) is 26.3 Å². The van der Waals surface area contributed by atoms with Crippen molar-refractivity contribution in [2.45, 2.75) is 101 Å². The van der Waals surface area contributed by atoms with E-state index >= 15 is 0 Å². The van der Waals surface area contributed by atoms with Gasteiger partial charge in [-0.15, -0.1) is 0 Å². The van der Waals surface area contributed by atoms with Crippen LogP contribution in [-0.2, 0) is 13.1 Å². The van der Waals surface area contributed by atoms with Crippen LogP contribution in [-0.4, -0.2) is 42.2 Å². The topological polar surface area (TPSA) is 61.0 Å². The van der Waals surface area contributed by atoms with Crippen LogP contribution >= 0.6 is 20.2 Å². The van der Waals surface area contributed by atoms with Crippen LogP contribution in [0, 0.1) is 0 Å². The predicted octanol–water partition coefficient (Wildman–Crippen LogP) is 4.57. The van der Waals surface area contributed by atoms with Crippen LogP contribution in [0.4, 0.5) is 0 Å². The zero-order valence-electron chi connectivity index (χ0n) is 18.8. The molecule has 1 aromatic rings. The number of nitrogens with zero attached hydrogens (tertiary/aromatic N) is 1. The molecule has 2 saturated carbocycles. The summed E-state index contributed by atoms with van der Waals surface area (Å²) in [5.41, 5.74) is 2.34. The standard InChI is InChI=1S/C23H39N5.2ClH.Mn/c1-16-18-12-7-13-19(28-18)17(2)27-23-11-6-4-9-21(23)25-15-14-24-20-8-3-5-10-22(20)26-16;;;/h7,12-13,16-17,20-27H,3-6,8-11,14-15H2,1-2H3;2*1H;/q;;;+2/p-2/t16-,17-,20-,21-,22-,23-;;;/m1.../s1. The second-order valence-corrected chi connectivity index (χ2v) is 11.2. The van der Waals surface area contributed by atoms with Crippen LogP contribution in [0.3, 0.4) is 0 Å². The SMILES string of the molecule is C[C@H]1N[C@@H]2CCCC[C@H]2NCCN[C@@H]2CCCC[C@H]2N[C@H](C)c2cccc1n2.[Cl][Mn][Cl]. The van der Waals surface area contributed by atoms with E-state index in [9.17, 15) is 0 Å². The molecule has 177 valence electrons. The summed E-state index contributed by atoms with van der Waals surface area (Å²) in [6, 6.07) is 9.34. The zero-order chi connectivity index (χ0) is 22.1. The van der Waals surface area contributed by atoms with Gasteiger partial charge in [0.05, 0.1) is 11.4 Å². The van der Waals surface area contributed by atoms with Gasteiger partial charge in [0, 0.05) is 49.3 Å². The number of fused-ring (bicyclic) bond motifs is 4. The number of nitrogens with one attached hydrogen (secondary N) is 4. The van der Waals surface area contributed by atoms with E-state index in [-0.39, 0.29) is 25.2 Å². The van der Waals surface area contributed by atoms with Gasteiger partial charge < -0.3 is 21.3 Å². The molecule has 31 heavy (non-hydrogen) atoms. The molecule has 4 N–H and O–H groups in total. The molecule has 0 aromatic carbocycles. The fourth-order valence-electron chi connectivity index (χ4n) is 5.43. The van der Waals surface area contributed by atoms with Crippen molar-refractivity contribution in [3.63, 3.8) is 0 Å². The summed E-state index contributed by atoms with van der Waals surface area (Å²) in [5.74, 6) is 0. The molecule has 2 heterocycles. The Hall–Kier alpha value is 0.0895. The van der Waals surface area contributed by atoms with Crippen LogP contribution in [0.25, 0.3) is 0 Å². The first-order valence-corrected chi connectivity index (χ1v) is 15.2. The fraction of sp³-hybridized carbons (Fsp3) is 0.783. The minimum absolute atomic E-state index is 0.00694. The van der Waals surface area contributed by atoms with Crippen molar-refractivity contribution in [1.29, 1.82) is 0 Å². The van der Waals surface area contributed by atoms with Gasteiger partial charge in [0.15, 0.2) is 0 Å². The summed E-state index contributed by atoms with van der Waals surface area (Å²) in [5, 5.41) is 15.5. The van der Waals surface area contributed by atoms with Gasteiger partial charge in [0.2, 0.25) is 0 Å². The van der Waals surface area contributed by atoms with Crippen LogP contribution in [0.15, 0.2) is 18.2 Å². The van der Waals surface area contributed by atoms with Crippen molar-refractivity contribution < 1.29 is 13.1 Å². The molecule has 8 heteroatoms. The maximum absolute atomic E-state index is 5.06. The summed E-state index contributed by atoms with van der Waals surface area (Å²) in [4.78, 5) is 5.06. The fourth-order valence-corrected chi connectivity index (χ4v) is 5.43. The second kappa shape index (κ2) is 13.7. The molecular formula is C23H39Cl2MnN5. The van der Waals surface area contributed by atoms with Crippen molar-refractivity contribution >= 4 is 20.2 Å². The molecule has 4 rings (SSSR count). The van der Waals surface area contributed by atoms with Crippen molar-refractivity contribution in [2.75, 3.05) is 13.1 Å². The van der Waals surface area contributed by atoms with Crippen molar-refractivity contribution in [3.05, 3.63) is 29.6 Å². The van der Waals surface area contributed by atoms with E-state index in [1.54, 1.807) is 0 Å². The van der Waals surface area contributed by atoms with Crippen LogP contribution in [0.5, 0.6) is 0 Å². The molecule has 0 amide bonds. The molecule has 0 radical (unpaired) electrons. The third-order valence-corrected chi connectivity index (χ3v) is 7.08. The third-order valence-electron chi connectivity index (χ3n) is 7.08. The molecule has 0 unspecified atom stereocenters. The van der Waals surface area contributed by atoms with E-state index in [1.165, 1.54) is 62.8 Å². The quantitative estimate of drug-likeness (QED) is 0.385. The Morgan fingerprint density at radius 1 is 0.742 bits per heavy atom. The van der Waals surface area contributed by atoms with E-state index in [4.69, 9.17) is 25.2 Å². The van der Waals surface area contributed by atoms with Crippen LogP contribution < -0.4 is 21.3 Å². The summed E-state index contributed by atoms with van der Waals surface area (Å²) in [6.07, 6.45) is 10.4. The van der Waals surface area contributed by atoms with Crippen LogP contribution in [0.1, 0.15) is 88.7 Å². The molecule has 0 spiro atoms. The van der Waals surface area contributed by atoms with Gasteiger partial charge in [-0.3, -0.25) is 4.98 Å². The van der Waals surface area contributed by atoms with Gasteiger partial charge in [-0.2, -0.15) is 0 Å². The maximum atomic E-state index is 5.06. The molecular weight excluding hydrogens is 472 g/mol. The number of rotatable bonds is 0. The van der Waals surface area contributed by atoms with Gasteiger partial charge in [0.25, 0.3) is 0 Å². The molecule has 2 fully saturated rings. The average molecular weight is 511 g/mol. The number of aromatic nitrogens is 1. The number of halogens is 2.